The van der Waals surface area contributed by atoms with Gasteiger partial charge < -0.3 is 21.5 Å². The first-order valence-corrected chi connectivity index (χ1v) is 10.1. The van der Waals surface area contributed by atoms with Crippen molar-refractivity contribution in [1.82, 2.24) is 10.6 Å². The number of carboxylic acids is 1. The Labute approximate surface area is 154 Å². The Morgan fingerprint density at radius 3 is 2.08 bits per heavy atom. The van der Waals surface area contributed by atoms with E-state index in [4.69, 9.17) is 5.73 Å². The van der Waals surface area contributed by atoms with Crippen LogP contribution in [0.4, 0.5) is 0 Å². The zero-order chi connectivity index (χ0) is 19.6. The highest BCUT2D eigenvalue weighted by molar-refractivity contribution is 7.98. The minimum absolute atomic E-state index is 0.00281. The number of carboxylic acid groups (broad SMARTS) is 1. The number of rotatable bonds is 12. The number of carbonyl (C=O) groups excluding carboxylic acids is 2. The van der Waals surface area contributed by atoms with Gasteiger partial charge in [-0.3, -0.25) is 9.59 Å². The van der Waals surface area contributed by atoms with Gasteiger partial charge in [-0.1, -0.05) is 34.1 Å². The van der Waals surface area contributed by atoms with E-state index in [0.29, 0.717) is 18.6 Å². The molecule has 0 saturated carbocycles. The standard InChI is InChI=1S/C17H33N3O4S/c1-6-11(4)14(18)16(22)19-12(7-8-25-5)15(21)20-13(17(23)24)9-10(2)3/h10-14H,6-9,18H2,1-5H3,(H,19,22)(H,20,21)(H,23,24)/t11-,12-,13+,14-/m0/s1. The van der Waals surface area contributed by atoms with Crippen LogP contribution in [0.1, 0.15) is 47.0 Å². The SMILES string of the molecule is CC[C@H](C)[C@H](N)C(=O)N[C@@H](CCSC)C(=O)N[C@H](CC(C)C)C(=O)O. The third kappa shape index (κ3) is 9.11. The maximum absolute atomic E-state index is 12.5. The summed E-state index contributed by atoms with van der Waals surface area (Å²) in [6, 6.07) is -2.45. The van der Waals surface area contributed by atoms with Crippen molar-refractivity contribution in [2.45, 2.75) is 65.1 Å². The van der Waals surface area contributed by atoms with Crippen molar-refractivity contribution < 1.29 is 19.5 Å². The fourth-order valence-corrected chi connectivity index (χ4v) is 2.72. The van der Waals surface area contributed by atoms with Crippen molar-refractivity contribution in [1.29, 1.82) is 0 Å². The van der Waals surface area contributed by atoms with Crippen LogP contribution < -0.4 is 16.4 Å². The van der Waals surface area contributed by atoms with E-state index in [1.165, 1.54) is 0 Å². The molecular formula is C17H33N3O4S. The van der Waals surface area contributed by atoms with Crippen molar-refractivity contribution in [2.24, 2.45) is 17.6 Å². The van der Waals surface area contributed by atoms with Gasteiger partial charge in [-0.25, -0.2) is 4.79 Å². The molecule has 146 valence electrons. The van der Waals surface area contributed by atoms with Gasteiger partial charge in [0.05, 0.1) is 6.04 Å². The largest absolute Gasteiger partial charge is 0.480 e. The van der Waals surface area contributed by atoms with Crippen molar-refractivity contribution in [3.63, 3.8) is 0 Å². The Hall–Kier alpha value is -1.28. The molecule has 0 saturated heterocycles. The normalized spacial score (nSPS) is 16.0. The van der Waals surface area contributed by atoms with E-state index in [-0.39, 0.29) is 17.7 Å². The molecule has 4 atom stereocenters. The highest BCUT2D eigenvalue weighted by Gasteiger charge is 2.29. The van der Waals surface area contributed by atoms with E-state index in [2.05, 4.69) is 10.6 Å². The second kappa shape index (κ2) is 12.1. The summed E-state index contributed by atoms with van der Waals surface area (Å²) in [6.07, 6.45) is 3.41. The zero-order valence-electron chi connectivity index (χ0n) is 15.9. The Kier molecular flexibility index (Phi) is 11.5. The van der Waals surface area contributed by atoms with E-state index in [1.807, 2.05) is 34.0 Å². The molecule has 0 aliphatic heterocycles. The fourth-order valence-electron chi connectivity index (χ4n) is 2.25. The maximum Gasteiger partial charge on any atom is 0.326 e. The van der Waals surface area contributed by atoms with Gasteiger partial charge in [0.25, 0.3) is 0 Å². The van der Waals surface area contributed by atoms with E-state index in [0.717, 1.165) is 6.42 Å². The Balaban J connectivity index is 5.01. The molecule has 0 aromatic rings. The van der Waals surface area contributed by atoms with Gasteiger partial charge in [0.1, 0.15) is 12.1 Å². The molecule has 0 spiro atoms. The van der Waals surface area contributed by atoms with Crippen LogP contribution in [0.3, 0.4) is 0 Å². The number of nitrogens with one attached hydrogen (secondary N) is 2. The molecular weight excluding hydrogens is 342 g/mol. The van der Waals surface area contributed by atoms with E-state index < -0.39 is 30.0 Å². The monoisotopic (exact) mass is 375 g/mol. The van der Waals surface area contributed by atoms with Crippen LogP contribution in [-0.4, -0.2) is 53.0 Å². The second-order valence-corrected chi connectivity index (χ2v) is 7.77. The summed E-state index contributed by atoms with van der Waals surface area (Å²) >= 11 is 1.55. The number of nitrogens with two attached hydrogens (primary N) is 1. The predicted molar refractivity (Wildman–Crippen MR) is 101 cm³/mol. The number of aliphatic carboxylic acids is 1. The molecule has 8 heteroatoms. The van der Waals surface area contributed by atoms with Gasteiger partial charge in [0.2, 0.25) is 11.8 Å². The predicted octanol–water partition coefficient (Wildman–Crippen LogP) is 1.21. The summed E-state index contributed by atoms with van der Waals surface area (Å²) in [5.41, 5.74) is 5.92. The zero-order valence-corrected chi connectivity index (χ0v) is 16.7. The first-order valence-electron chi connectivity index (χ1n) is 8.72. The van der Waals surface area contributed by atoms with Crippen LogP contribution >= 0.6 is 11.8 Å². The second-order valence-electron chi connectivity index (χ2n) is 6.78. The third-order valence-electron chi connectivity index (χ3n) is 4.13. The number of amides is 2. The topological polar surface area (TPSA) is 122 Å². The summed E-state index contributed by atoms with van der Waals surface area (Å²) in [6.45, 7) is 7.60. The van der Waals surface area contributed by atoms with Crippen LogP contribution in [0, 0.1) is 11.8 Å². The molecule has 0 fully saturated rings. The van der Waals surface area contributed by atoms with Crippen LogP contribution in [0.5, 0.6) is 0 Å². The van der Waals surface area contributed by atoms with Crippen LogP contribution in [0.2, 0.25) is 0 Å². The molecule has 0 aromatic carbocycles. The van der Waals surface area contributed by atoms with Crippen molar-refractivity contribution in [2.75, 3.05) is 12.0 Å². The van der Waals surface area contributed by atoms with Gasteiger partial charge in [0, 0.05) is 0 Å². The Bertz CT molecular complexity index is 446. The molecule has 0 aliphatic rings. The molecule has 25 heavy (non-hydrogen) atoms. The Morgan fingerprint density at radius 1 is 1.08 bits per heavy atom. The van der Waals surface area contributed by atoms with Gasteiger partial charge in [-0.05, 0) is 36.7 Å². The number of hydrogen-bond donors (Lipinski definition) is 4. The lowest BCUT2D eigenvalue weighted by molar-refractivity contribution is -0.142. The van der Waals surface area contributed by atoms with Gasteiger partial charge in [-0.2, -0.15) is 11.8 Å². The lowest BCUT2D eigenvalue weighted by Crippen LogP contribution is -2.55. The first kappa shape index (κ1) is 23.7. The summed E-state index contributed by atoms with van der Waals surface area (Å²) in [5, 5.41) is 14.5. The lowest BCUT2D eigenvalue weighted by atomic mass is 9.99. The third-order valence-corrected chi connectivity index (χ3v) is 4.77. The summed E-state index contributed by atoms with van der Waals surface area (Å²) < 4.78 is 0. The van der Waals surface area contributed by atoms with Crippen molar-refractivity contribution in [3.05, 3.63) is 0 Å². The molecule has 0 radical (unpaired) electrons. The van der Waals surface area contributed by atoms with Crippen molar-refractivity contribution in [3.8, 4) is 0 Å². The first-order chi connectivity index (χ1) is 11.6. The highest BCUT2D eigenvalue weighted by atomic mass is 32.2. The molecule has 0 aliphatic carbocycles. The molecule has 0 bridgehead atoms. The van der Waals surface area contributed by atoms with Gasteiger partial charge in [-0.15, -0.1) is 0 Å². The van der Waals surface area contributed by atoms with Crippen LogP contribution in [0.15, 0.2) is 0 Å². The van der Waals surface area contributed by atoms with Gasteiger partial charge >= 0.3 is 5.97 Å². The summed E-state index contributed by atoms with van der Waals surface area (Å²) in [5.74, 6) is -1.15. The minimum atomic E-state index is -1.08. The minimum Gasteiger partial charge on any atom is -0.480 e. The fraction of sp³-hybridized carbons (Fsp3) is 0.824. The maximum atomic E-state index is 12.5. The molecule has 5 N–H and O–H groups in total. The van der Waals surface area contributed by atoms with Crippen molar-refractivity contribution >= 4 is 29.5 Å². The molecule has 0 aromatic heterocycles. The average molecular weight is 376 g/mol. The summed E-state index contributed by atoms with van der Waals surface area (Å²) in [4.78, 5) is 36.1. The quantitative estimate of drug-likeness (QED) is 0.407. The van der Waals surface area contributed by atoms with E-state index in [1.54, 1.807) is 11.8 Å². The molecule has 0 heterocycles. The molecule has 2 amide bonds. The summed E-state index contributed by atoms with van der Waals surface area (Å²) in [7, 11) is 0. The van der Waals surface area contributed by atoms with Gasteiger partial charge in [0.15, 0.2) is 0 Å². The number of thioether (sulfide) groups is 1. The lowest BCUT2D eigenvalue weighted by Gasteiger charge is -2.24. The van der Waals surface area contributed by atoms with Crippen LogP contribution in [-0.2, 0) is 14.4 Å². The average Bonchev–Trinajstić information content (AvgIpc) is 2.55. The highest BCUT2D eigenvalue weighted by Crippen LogP contribution is 2.09. The molecule has 0 rings (SSSR count). The van der Waals surface area contributed by atoms with E-state index in [9.17, 15) is 19.5 Å². The number of carbonyl (C=O) groups is 3. The number of hydrogen-bond acceptors (Lipinski definition) is 5. The molecule has 0 unspecified atom stereocenters. The van der Waals surface area contributed by atoms with E-state index >= 15 is 0 Å². The smallest absolute Gasteiger partial charge is 0.326 e. The van der Waals surface area contributed by atoms with Crippen LogP contribution in [0.25, 0.3) is 0 Å². The molecule has 7 nitrogen and oxygen atoms in total. The Morgan fingerprint density at radius 2 is 1.64 bits per heavy atom.